The van der Waals surface area contributed by atoms with E-state index in [1.807, 2.05) is 37.3 Å². The predicted octanol–water partition coefficient (Wildman–Crippen LogP) is 4.45. The van der Waals surface area contributed by atoms with E-state index < -0.39 is 0 Å². The molecule has 0 amide bonds. The number of rotatable bonds is 1. The molecule has 2 heteroatoms. The summed E-state index contributed by atoms with van der Waals surface area (Å²) >= 11 is 6.09. The number of hydrogen-bond acceptors (Lipinski definition) is 0. The number of halogens is 2. The molecule has 0 atom stereocenters. The summed E-state index contributed by atoms with van der Waals surface area (Å²) in [4.78, 5) is 0. The topological polar surface area (TPSA) is 0 Å². The maximum atomic E-state index is 13.6. The molecule has 0 aromatic heterocycles. The molecule has 15 heavy (non-hydrogen) atoms. The normalized spacial score (nSPS) is 10.3. The maximum absolute atomic E-state index is 13.6. The molecule has 0 unspecified atom stereocenters. The molecule has 2 aromatic carbocycles. The smallest absolute Gasteiger partial charge is 0.132 e. The minimum Gasteiger partial charge on any atom is -0.206 e. The highest BCUT2D eigenvalue weighted by Crippen LogP contribution is 2.32. The van der Waals surface area contributed by atoms with Crippen molar-refractivity contribution in [3.05, 3.63) is 58.9 Å². The highest BCUT2D eigenvalue weighted by Gasteiger charge is 2.10. The van der Waals surface area contributed by atoms with E-state index >= 15 is 0 Å². The van der Waals surface area contributed by atoms with Crippen LogP contribution in [0.2, 0.25) is 5.02 Å². The van der Waals surface area contributed by atoms with Gasteiger partial charge in [0.2, 0.25) is 0 Å². The summed E-state index contributed by atoms with van der Waals surface area (Å²) in [5, 5.41) is 0.487. The lowest BCUT2D eigenvalue weighted by molar-refractivity contribution is 0.631. The van der Waals surface area contributed by atoms with Gasteiger partial charge in [0.1, 0.15) is 5.82 Å². The lowest BCUT2D eigenvalue weighted by atomic mass is 10.0. The molecule has 0 heterocycles. The third kappa shape index (κ3) is 1.88. The quantitative estimate of drug-likeness (QED) is 0.666. The fourth-order valence-corrected chi connectivity index (χ4v) is 1.79. The van der Waals surface area contributed by atoms with E-state index in [2.05, 4.69) is 0 Å². The lowest BCUT2D eigenvalue weighted by Crippen LogP contribution is -1.88. The Balaban J connectivity index is 2.68. The van der Waals surface area contributed by atoms with Crippen LogP contribution in [0, 0.1) is 12.7 Å². The summed E-state index contributed by atoms with van der Waals surface area (Å²) in [7, 11) is 0. The summed E-state index contributed by atoms with van der Waals surface area (Å²) in [5.41, 5.74) is 2.18. The summed E-state index contributed by atoms with van der Waals surface area (Å²) < 4.78 is 13.6. The van der Waals surface area contributed by atoms with Crippen molar-refractivity contribution in [3.8, 4) is 11.1 Å². The van der Waals surface area contributed by atoms with Gasteiger partial charge in [0.15, 0.2) is 0 Å². The van der Waals surface area contributed by atoms with Crippen LogP contribution in [0.15, 0.2) is 42.5 Å². The first-order valence-electron chi connectivity index (χ1n) is 4.70. The average molecular weight is 221 g/mol. The van der Waals surface area contributed by atoms with E-state index in [-0.39, 0.29) is 5.82 Å². The molecular weight excluding hydrogens is 211 g/mol. The minimum absolute atomic E-state index is 0.281. The molecule has 0 bridgehead atoms. The third-order valence-corrected chi connectivity index (χ3v) is 2.83. The molecule has 0 saturated heterocycles. The Morgan fingerprint density at radius 2 is 1.67 bits per heavy atom. The molecule has 76 valence electrons. The van der Waals surface area contributed by atoms with Crippen LogP contribution < -0.4 is 0 Å². The minimum atomic E-state index is -0.281. The van der Waals surface area contributed by atoms with E-state index in [0.717, 1.165) is 11.1 Å². The van der Waals surface area contributed by atoms with Crippen molar-refractivity contribution >= 4 is 11.6 Å². The zero-order valence-corrected chi connectivity index (χ0v) is 9.05. The summed E-state index contributed by atoms with van der Waals surface area (Å²) in [6.07, 6.45) is 0. The summed E-state index contributed by atoms with van der Waals surface area (Å²) in [6.45, 7) is 1.87. The highest BCUT2D eigenvalue weighted by atomic mass is 35.5. The van der Waals surface area contributed by atoms with Gasteiger partial charge in [-0.25, -0.2) is 4.39 Å². The molecule has 0 radical (unpaired) electrons. The fraction of sp³-hybridized carbons (Fsp3) is 0.0769. The molecule has 0 N–H and O–H groups in total. The Bertz CT molecular complexity index is 477. The van der Waals surface area contributed by atoms with Crippen LogP contribution in [0.3, 0.4) is 0 Å². The van der Waals surface area contributed by atoms with Crippen LogP contribution in [-0.4, -0.2) is 0 Å². The molecular formula is C13H10ClF. The van der Waals surface area contributed by atoms with Gasteiger partial charge in [0, 0.05) is 5.56 Å². The van der Waals surface area contributed by atoms with Gasteiger partial charge in [-0.3, -0.25) is 0 Å². The van der Waals surface area contributed by atoms with Crippen molar-refractivity contribution in [2.75, 3.05) is 0 Å². The van der Waals surface area contributed by atoms with Crippen molar-refractivity contribution < 1.29 is 4.39 Å². The van der Waals surface area contributed by atoms with E-state index in [0.29, 0.717) is 10.6 Å². The fourth-order valence-electron chi connectivity index (χ4n) is 1.53. The SMILES string of the molecule is Cc1ccc(F)c(-c2ccccc2)c1Cl. The molecule has 0 aliphatic carbocycles. The van der Waals surface area contributed by atoms with E-state index in [1.165, 1.54) is 6.07 Å². The van der Waals surface area contributed by atoms with Gasteiger partial charge in [0.05, 0.1) is 5.02 Å². The Morgan fingerprint density at radius 3 is 2.33 bits per heavy atom. The largest absolute Gasteiger partial charge is 0.206 e. The van der Waals surface area contributed by atoms with Crippen molar-refractivity contribution in [3.63, 3.8) is 0 Å². The molecule has 0 saturated carbocycles. The van der Waals surface area contributed by atoms with E-state index in [1.54, 1.807) is 6.07 Å². The second kappa shape index (κ2) is 4.03. The molecule has 2 aromatic rings. The Kier molecular flexibility index (Phi) is 2.74. The van der Waals surface area contributed by atoms with Crippen molar-refractivity contribution in [1.82, 2.24) is 0 Å². The summed E-state index contributed by atoms with van der Waals surface area (Å²) in [6, 6.07) is 12.5. The van der Waals surface area contributed by atoms with Crippen molar-refractivity contribution in [2.24, 2.45) is 0 Å². The van der Waals surface area contributed by atoms with E-state index in [4.69, 9.17) is 11.6 Å². The van der Waals surface area contributed by atoms with Crippen molar-refractivity contribution in [1.29, 1.82) is 0 Å². The molecule has 0 fully saturated rings. The standard InChI is InChI=1S/C13H10ClF/c1-9-7-8-11(15)12(13(9)14)10-5-3-2-4-6-10/h2-8H,1H3. The predicted molar refractivity (Wildman–Crippen MR) is 61.6 cm³/mol. The molecule has 0 aliphatic heterocycles. The van der Waals surface area contributed by atoms with E-state index in [9.17, 15) is 4.39 Å². The average Bonchev–Trinajstić information content (AvgIpc) is 2.26. The first kappa shape index (κ1) is 10.2. The Hall–Kier alpha value is -1.34. The van der Waals surface area contributed by atoms with Gasteiger partial charge in [-0.05, 0) is 24.1 Å². The van der Waals surface area contributed by atoms with Gasteiger partial charge in [-0.15, -0.1) is 0 Å². The van der Waals surface area contributed by atoms with Gasteiger partial charge in [-0.2, -0.15) is 0 Å². The highest BCUT2D eigenvalue weighted by molar-refractivity contribution is 6.34. The summed E-state index contributed by atoms with van der Waals surface area (Å²) in [5.74, 6) is -0.281. The van der Waals surface area contributed by atoms with Crippen LogP contribution in [0.4, 0.5) is 4.39 Å². The first-order chi connectivity index (χ1) is 7.20. The molecule has 2 rings (SSSR count). The zero-order valence-electron chi connectivity index (χ0n) is 8.30. The maximum Gasteiger partial charge on any atom is 0.132 e. The monoisotopic (exact) mass is 220 g/mol. The van der Waals surface area contributed by atoms with Crippen LogP contribution in [0.25, 0.3) is 11.1 Å². The first-order valence-corrected chi connectivity index (χ1v) is 5.08. The molecule has 0 aliphatic rings. The van der Waals surface area contributed by atoms with Crippen LogP contribution in [-0.2, 0) is 0 Å². The Labute approximate surface area is 93.3 Å². The Morgan fingerprint density at radius 1 is 1.00 bits per heavy atom. The van der Waals surface area contributed by atoms with Gasteiger partial charge in [0.25, 0.3) is 0 Å². The number of benzene rings is 2. The van der Waals surface area contributed by atoms with Gasteiger partial charge < -0.3 is 0 Å². The third-order valence-electron chi connectivity index (χ3n) is 2.35. The number of aryl methyl sites for hydroxylation is 1. The van der Waals surface area contributed by atoms with Crippen LogP contribution in [0.1, 0.15) is 5.56 Å². The lowest BCUT2D eigenvalue weighted by Gasteiger charge is -2.08. The zero-order chi connectivity index (χ0) is 10.8. The van der Waals surface area contributed by atoms with Crippen LogP contribution >= 0.6 is 11.6 Å². The second-order valence-electron chi connectivity index (χ2n) is 3.42. The van der Waals surface area contributed by atoms with Crippen molar-refractivity contribution in [2.45, 2.75) is 6.92 Å². The van der Waals surface area contributed by atoms with Gasteiger partial charge in [-0.1, -0.05) is 48.0 Å². The second-order valence-corrected chi connectivity index (χ2v) is 3.80. The van der Waals surface area contributed by atoms with Gasteiger partial charge >= 0.3 is 0 Å². The van der Waals surface area contributed by atoms with Crippen LogP contribution in [0.5, 0.6) is 0 Å². The molecule has 0 nitrogen and oxygen atoms in total. The molecule has 0 spiro atoms. The number of hydrogen-bond donors (Lipinski definition) is 0.